The van der Waals surface area contributed by atoms with Crippen molar-refractivity contribution in [3.05, 3.63) is 36.0 Å². The second-order valence-corrected chi connectivity index (χ2v) is 10.3. The predicted molar refractivity (Wildman–Crippen MR) is 125 cm³/mol. The van der Waals surface area contributed by atoms with Gasteiger partial charge in [0.15, 0.2) is 5.60 Å². The zero-order valence-electron chi connectivity index (χ0n) is 20.6. The summed E-state index contributed by atoms with van der Waals surface area (Å²) in [5, 5.41) is 32.9. The highest BCUT2D eigenvalue weighted by Gasteiger charge is 2.42. The molecular formula is C24H32N2O9. The molecule has 11 heteroatoms. The number of carbonyl (C=O) groups excluding carboxylic acids is 2. The zero-order chi connectivity index (χ0) is 26.8. The summed E-state index contributed by atoms with van der Waals surface area (Å²) >= 11 is 0. The molecule has 0 saturated heterocycles. The Hall–Kier alpha value is -3.60. The smallest absolute Gasteiger partial charge is 0.419 e. The van der Waals surface area contributed by atoms with E-state index in [1.165, 1.54) is 10.8 Å². The summed E-state index contributed by atoms with van der Waals surface area (Å²) < 4.78 is 11.7. The van der Waals surface area contributed by atoms with E-state index < -0.39 is 59.8 Å². The molecule has 192 valence electrons. The molecule has 1 aromatic heterocycles. The normalized spacial score (nSPS) is 14.6. The number of nitrogens with zero attached hydrogens (tertiary/aromatic N) is 1. The van der Waals surface area contributed by atoms with E-state index in [2.05, 4.69) is 5.32 Å². The molecule has 4 N–H and O–H groups in total. The summed E-state index contributed by atoms with van der Waals surface area (Å²) in [6.45, 7) is 9.84. The van der Waals surface area contributed by atoms with Crippen molar-refractivity contribution in [2.75, 3.05) is 0 Å². The molecule has 11 nitrogen and oxygen atoms in total. The van der Waals surface area contributed by atoms with Gasteiger partial charge in [0, 0.05) is 24.4 Å². The molecule has 1 heterocycles. The van der Waals surface area contributed by atoms with Gasteiger partial charge in [-0.2, -0.15) is 0 Å². The van der Waals surface area contributed by atoms with Crippen molar-refractivity contribution < 1.29 is 44.0 Å². The first-order valence-corrected chi connectivity index (χ1v) is 10.9. The van der Waals surface area contributed by atoms with Crippen LogP contribution in [0.5, 0.6) is 0 Å². The van der Waals surface area contributed by atoms with Gasteiger partial charge in [-0.05, 0) is 53.2 Å². The molecule has 0 bridgehead atoms. The molecule has 0 saturated carbocycles. The van der Waals surface area contributed by atoms with Crippen LogP contribution in [-0.2, 0) is 25.5 Å². The summed E-state index contributed by atoms with van der Waals surface area (Å²) in [4.78, 5) is 48.6. The molecule has 1 amide bonds. The number of carboxylic acids is 2. The van der Waals surface area contributed by atoms with Gasteiger partial charge in [0.2, 0.25) is 0 Å². The molecule has 2 aromatic rings. The maximum atomic E-state index is 12.7. The molecule has 2 atom stereocenters. The topological polar surface area (TPSA) is 164 Å². The molecule has 0 aliphatic rings. The summed E-state index contributed by atoms with van der Waals surface area (Å²) in [6.07, 6.45) is -1.82. The minimum atomic E-state index is -2.60. The highest BCUT2D eigenvalue weighted by Crippen LogP contribution is 2.28. The van der Waals surface area contributed by atoms with E-state index >= 15 is 0 Å². The number of alkyl carbamates (subject to hydrolysis) is 1. The third kappa shape index (κ3) is 7.44. The molecule has 1 aromatic carbocycles. The second kappa shape index (κ2) is 9.95. The zero-order valence-corrected chi connectivity index (χ0v) is 20.6. The van der Waals surface area contributed by atoms with Crippen molar-refractivity contribution in [3.63, 3.8) is 0 Å². The maximum Gasteiger partial charge on any atom is 0.419 e. The van der Waals surface area contributed by atoms with E-state index in [4.69, 9.17) is 9.47 Å². The highest BCUT2D eigenvalue weighted by atomic mass is 16.6. The maximum absolute atomic E-state index is 12.7. The number of benzene rings is 1. The first kappa shape index (κ1) is 27.6. The van der Waals surface area contributed by atoms with Crippen molar-refractivity contribution >= 4 is 35.0 Å². The van der Waals surface area contributed by atoms with Crippen LogP contribution in [0.4, 0.5) is 9.59 Å². The molecule has 0 aliphatic carbocycles. The Morgan fingerprint density at radius 1 is 0.971 bits per heavy atom. The predicted octanol–water partition coefficient (Wildman–Crippen LogP) is 3.15. The third-order valence-corrected chi connectivity index (χ3v) is 4.80. The lowest BCUT2D eigenvalue weighted by atomic mass is 9.88. The van der Waals surface area contributed by atoms with E-state index in [1.807, 2.05) is 0 Å². The largest absolute Gasteiger partial charge is 0.480 e. The molecule has 2 rings (SSSR count). The van der Waals surface area contributed by atoms with Crippen LogP contribution in [0.1, 0.15) is 53.5 Å². The van der Waals surface area contributed by atoms with Crippen molar-refractivity contribution in [1.29, 1.82) is 0 Å². The van der Waals surface area contributed by atoms with Gasteiger partial charge >= 0.3 is 24.1 Å². The van der Waals surface area contributed by atoms with Crippen molar-refractivity contribution in [1.82, 2.24) is 9.88 Å². The van der Waals surface area contributed by atoms with Crippen LogP contribution in [0.15, 0.2) is 30.5 Å². The Morgan fingerprint density at radius 3 is 2.06 bits per heavy atom. The van der Waals surface area contributed by atoms with Gasteiger partial charge in [-0.15, -0.1) is 0 Å². The third-order valence-electron chi connectivity index (χ3n) is 4.80. The number of fused-ring (bicyclic) bond motifs is 1. The van der Waals surface area contributed by atoms with Crippen LogP contribution >= 0.6 is 0 Å². The van der Waals surface area contributed by atoms with Crippen molar-refractivity contribution in [3.8, 4) is 0 Å². The van der Waals surface area contributed by atoms with Crippen molar-refractivity contribution in [2.24, 2.45) is 0 Å². The van der Waals surface area contributed by atoms with E-state index in [9.17, 15) is 34.5 Å². The van der Waals surface area contributed by atoms with Crippen LogP contribution in [0.25, 0.3) is 10.9 Å². The number of amides is 1. The monoisotopic (exact) mass is 492 g/mol. The number of carboxylic acid groups (broad SMARTS) is 2. The Labute approximate surface area is 202 Å². The summed E-state index contributed by atoms with van der Waals surface area (Å²) in [7, 11) is 0. The van der Waals surface area contributed by atoms with Gasteiger partial charge in [-0.3, -0.25) is 4.57 Å². The number of aliphatic hydroxyl groups is 1. The fraction of sp³-hybridized carbons (Fsp3) is 0.500. The first-order chi connectivity index (χ1) is 15.9. The number of rotatable bonds is 7. The number of aromatic nitrogens is 1. The van der Waals surface area contributed by atoms with Gasteiger partial charge in [0.1, 0.15) is 17.2 Å². The van der Waals surface area contributed by atoms with Gasteiger partial charge in [-0.1, -0.05) is 18.2 Å². The highest BCUT2D eigenvalue weighted by molar-refractivity contribution is 5.93. The lowest BCUT2D eigenvalue weighted by molar-refractivity contribution is -0.161. The average Bonchev–Trinajstić information content (AvgIpc) is 3.03. The number of hydrogen-bond acceptors (Lipinski definition) is 7. The van der Waals surface area contributed by atoms with Crippen LogP contribution in [0.3, 0.4) is 0 Å². The summed E-state index contributed by atoms with van der Waals surface area (Å²) in [5.41, 5.74) is -3.60. The Balaban J connectivity index is 2.41. The fourth-order valence-corrected chi connectivity index (χ4v) is 3.39. The molecule has 0 spiro atoms. The summed E-state index contributed by atoms with van der Waals surface area (Å²) in [5.74, 6) is -3.24. The van der Waals surface area contributed by atoms with Crippen molar-refractivity contribution in [2.45, 2.75) is 77.2 Å². The number of para-hydroxylation sites is 1. The van der Waals surface area contributed by atoms with Gasteiger partial charge in [-0.25, -0.2) is 19.2 Å². The number of ether oxygens (including phenoxy) is 2. The van der Waals surface area contributed by atoms with E-state index in [0.717, 1.165) is 0 Å². The minimum absolute atomic E-state index is 0.276. The number of carbonyl (C=O) groups is 4. The Bertz CT molecular complexity index is 1120. The van der Waals surface area contributed by atoms with Crippen LogP contribution < -0.4 is 5.32 Å². The van der Waals surface area contributed by atoms with Gasteiger partial charge in [0.25, 0.3) is 0 Å². The molecule has 0 unspecified atom stereocenters. The van der Waals surface area contributed by atoms with Crippen LogP contribution in [-0.4, -0.2) is 66.9 Å². The Kier molecular flexibility index (Phi) is 7.86. The van der Waals surface area contributed by atoms with E-state index in [-0.39, 0.29) is 5.56 Å². The molecule has 0 fully saturated rings. The van der Waals surface area contributed by atoms with E-state index in [0.29, 0.717) is 10.9 Å². The number of nitrogens with one attached hydrogen (secondary N) is 1. The summed E-state index contributed by atoms with van der Waals surface area (Å²) in [6, 6.07) is 4.87. The number of aliphatic carboxylic acids is 2. The minimum Gasteiger partial charge on any atom is -0.480 e. The molecule has 0 radical (unpaired) electrons. The molecule has 0 aliphatic heterocycles. The standard InChI is InChI=1S/C24H32N2O9/c1-22(2,3)34-20(31)25-16(18(27)28)12-24(33,19(29)30)11-14-13-26(21(32)35-23(4,5)6)17-10-8-7-9-15(14)17/h7-10,13,16,33H,11-12H2,1-6H3,(H,25,31)(H,27,28)(H,29,30)/t16-,24-/m0/s1. The lowest BCUT2D eigenvalue weighted by Gasteiger charge is -2.28. The van der Waals surface area contributed by atoms with Crippen LogP contribution in [0, 0.1) is 0 Å². The number of hydrogen-bond donors (Lipinski definition) is 4. The fourth-order valence-electron chi connectivity index (χ4n) is 3.39. The lowest BCUT2D eigenvalue weighted by Crippen LogP contribution is -2.51. The second-order valence-electron chi connectivity index (χ2n) is 10.3. The van der Waals surface area contributed by atoms with Gasteiger partial charge in [0.05, 0.1) is 5.52 Å². The van der Waals surface area contributed by atoms with Gasteiger partial charge < -0.3 is 30.1 Å². The molecule has 35 heavy (non-hydrogen) atoms. The SMILES string of the molecule is CC(C)(C)OC(=O)N[C@@H](C[C@@](O)(Cc1cn(C(=O)OC(C)(C)C)c2ccccc12)C(=O)O)C(=O)O. The first-order valence-electron chi connectivity index (χ1n) is 10.9. The average molecular weight is 493 g/mol. The Morgan fingerprint density at radius 2 is 1.54 bits per heavy atom. The molecular weight excluding hydrogens is 460 g/mol. The van der Waals surface area contributed by atoms with E-state index in [1.54, 1.807) is 65.8 Å². The van der Waals surface area contributed by atoms with Crippen LogP contribution in [0.2, 0.25) is 0 Å². The quantitative estimate of drug-likeness (QED) is 0.454.